The molecule has 2 aliphatic heterocycles. The zero-order chi connectivity index (χ0) is 20.4. The van der Waals surface area contributed by atoms with Gasteiger partial charge in [0.05, 0.1) is 12.2 Å². The van der Waals surface area contributed by atoms with Crippen LogP contribution >= 0.6 is 0 Å². The van der Waals surface area contributed by atoms with E-state index in [4.69, 9.17) is 9.97 Å². The van der Waals surface area contributed by atoms with Crippen LogP contribution < -0.4 is 5.32 Å². The molecule has 1 saturated heterocycles. The van der Waals surface area contributed by atoms with Gasteiger partial charge in [-0.15, -0.1) is 0 Å². The quantitative estimate of drug-likeness (QED) is 0.845. The molecule has 1 aromatic rings. The summed E-state index contributed by atoms with van der Waals surface area (Å²) in [6.45, 7) is 4.50. The highest BCUT2D eigenvalue weighted by atomic mass is 16.2. The number of fused-ring (bicyclic) bond motifs is 1. The Morgan fingerprint density at radius 3 is 2.52 bits per heavy atom. The fourth-order valence-corrected chi connectivity index (χ4v) is 5.09. The maximum Gasteiger partial charge on any atom is 0.225 e. The first kappa shape index (κ1) is 20.1. The maximum absolute atomic E-state index is 13.0. The van der Waals surface area contributed by atoms with Crippen molar-refractivity contribution in [3.8, 4) is 0 Å². The molecule has 1 aromatic heterocycles. The van der Waals surface area contributed by atoms with Crippen LogP contribution in [0, 0.1) is 5.92 Å². The first-order valence-corrected chi connectivity index (χ1v) is 11.2. The van der Waals surface area contributed by atoms with Gasteiger partial charge in [0.25, 0.3) is 0 Å². The lowest BCUT2D eigenvalue weighted by Gasteiger charge is -2.35. The fraction of sp³-hybridized carbons (Fsp3) is 0.727. The number of likely N-dealkylation sites (tertiary alicyclic amines) is 1. The zero-order valence-electron chi connectivity index (χ0n) is 17.7. The highest BCUT2D eigenvalue weighted by molar-refractivity contribution is 5.79. The Bertz CT molecular complexity index is 757. The van der Waals surface area contributed by atoms with E-state index in [2.05, 4.69) is 5.32 Å². The Morgan fingerprint density at radius 1 is 1.00 bits per heavy atom. The third kappa shape index (κ3) is 4.23. The second-order valence-electron chi connectivity index (χ2n) is 8.75. The molecule has 3 aliphatic rings. The van der Waals surface area contributed by atoms with E-state index in [0.717, 1.165) is 68.1 Å². The normalized spacial score (nSPS) is 22.9. The molecular formula is C22H33N5O2. The van der Waals surface area contributed by atoms with E-state index in [1.165, 1.54) is 19.3 Å². The molecule has 0 unspecified atom stereocenters. The summed E-state index contributed by atoms with van der Waals surface area (Å²) in [5.41, 5.74) is 2.12. The summed E-state index contributed by atoms with van der Waals surface area (Å²) < 4.78 is 0. The molecule has 0 spiro atoms. The van der Waals surface area contributed by atoms with Gasteiger partial charge in [-0.05, 0) is 25.7 Å². The lowest BCUT2D eigenvalue weighted by Crippen LogP contribution is -2.41. The number of piperidine rings is 1. The number of amides is 2. The minimum atomic E-state index is 0.123. The second kappa shape index (κ2) is 8.67. The predicted octanol–water partition coefficient (Wildman–Crippen LogP) is 2.71. The minimum Gasteiger partial charge on any atom is -0.373 e. The maximum atomic E-state index is 13.0. The standard InChI is InChI=1S/C22H33N5O2/c1-15(28)26-11-6-9-17(13-26)20-24-19-10-12-27(14-18(19)21(23-2)25-20)22(29)16-7-4-3-5-8-16/h16-17H,3-14H2,1-2H3,(H,23,24,25)/t17-/m0/s1. The third-order valence-electron chi connectivity index (χ3n) is 6.81. The van der Waals surface area contributed by atoms with Crippen molar-refractivity contribution in [2.45, 2.75) is 70.8 Å². The van der Waals surface area contributed by atoms with Gasteiger partial charge in [0.1, 0.15) is 11.6 Å². The lowest BCUT2D eigenvalue weighted by molar-refractivity contribution is -0.137. The van der Waals surface area contributed by atoms with Crippen LogP contribution in [-0.4, -0.2) is 58.3 Å². The number of aromatic nitrogens is 2. The first-order chi connectivity index (χ1) is 14.1. The van der Waals surface area contributed by atoms with E-state index in [1.807, 2.05) is 16.8 Å². The fourth-order valence-electron chi connectivity index (χ4n) is 5.09. The molecule has 2 amide bonds. The summed E-state index contributed by atoms with van der Waals surface area (Å²) in [4.78, 5) is 38.5. The lowest BCUT2D eigenvalue weighted by atomic mass is 9.87. The number of nitrogens with zero attached hydrogens (tertiary/aromatic N) is 4. The first-order valence-electron chi connectivity index (χ1n) is 11.2. The SMILES string of the molecule is CNc1nc([C@H]2CCCN(C(C)=O)C2)nc2c1CN(C(=O)C1CCCCC1)CC2. The summed E-state index contributed by atoms with van der Waals surface area (Å²) in [6.07, 6.45) is 8.45. The number of nitrogens with one attached hydrogen (secondary N) is 1. The van der Waals surface area contributed by atoms with Crippen LogP contribution in [0.2, 0.25) is 0 Å². The van der Waals surface area contributed by atoms with Crippen LogP contribution in [0.15, 0.2) is 0 Å². The van der Waals surface area contributed by atoms with Gasteiger partial charge < -0.3 is 15.1 Å². The van der Waals surface area contributed by atoms with Crippen molar-refractivity contribution >= 4 is 17.6 Å². The summed E-state index contributed by atoms with van der Waals surface area (Å²) in [5.74, 6) is 2.50. The van der Waals surface area contributed by atoms with E-state index in [1.54, 1.807) is 6.92 Å². The molecule has 0 radical (unpaired) electrons. The van der Waals surface area contributed by atoms with Crippen molar-refractivity contribution in [3.05, 3.63) is 17.1 Å². The molecule has 29 heavy (non-hydrogen) atoms. The summed E-state index contributed by atoms with van der Waals surface area (Å²) in [5, 5.41) is 3.24. The van der Waals surface area contributed by atoms with E-state index in [0.29, 0.717) is 19.0 Å². The van der Waals surface area contributed by atoms with E-state index in [9.17, 15) is 9.59 Å². The van der Waals surface area contributed by atoms with Crippen LogP contribution in [0.4, 0.5) is 5.82 Å². The molecule has 2 fully saturated rings. The van der Waals surface area contributed by atoms with Gasteiger partial charge in [-0.2, -0.15) is 0 Å². The molecule has 0 bridgehead atoms. The van der Waals surface area contributed by atoms with E-state index < -0.39 is 0 Å². The number of anilines is 1. The van der Waals surface area contributed by atoms with Crippen LogP contribution in [0.25, 0.3) is 0 Å². The molecule has 1 aliphatic carbocycles. The summed E-state index contributed by atoms with van der Waals surface area (Å²) in [6, 6.07) is 0. The van der Waals surface area contributed by atoms with Crippen LogP contribution in [-0.2, 0) is 22.6 Å². The highest BCUT2D eigenvalue weighted by Gasteiger charge is 2.32. The molecule has 7 nitrogen and oxygen atoms in total. The van der Waals surface area contributed by atoms with Gasteiger partial charge in [-0.3, -0.25) is 9.59 Å². The Balaban J connectivity index is 1.53. The van der Waals surface area contributed by atoms with Crippen molar-refractivity contribution in [1.82, 2.24) is 19.8 Å². The monoisotopic (exact) mass is 399 g/mol. The summed E-state index contributed by atoms with van der Waals surface area (Å²) in [7, 11) is 1.89. The van der Waals surface area contributed by atoms with E-state index in [-0.39, 0.29) is 17.7 Å². The molecule has 1 saturated carbocycles. The van der Waals surface area contributed by atoms with Gasteiger partial charge in [0, 0.05) is 57.4 Å². The number of hydrogen-bond acceptors (Lipinski definition) is 5. The molecule has 4 rings (SSSR count). The molecule has 158 valence electrons. The molecule has 7 heteroatoms. The highest BCUT2D eigenvalue weighted by Crippen LogP contribution is 2.32. The van der Waals surface area contributed by atoms with Gasteiger partial charge in [0.2, 0.25) is 11.8 Å². The largest absolute Gasteiger partial charge is 0.373 e. The number of carbonyl (C=O) groups is 2. The number of rotatable bonds is 3. The average molecular weight is 400 g/mol. The summed E-state index contributed by atoms with van der Waals surface area (Å²) >= 11 is 0. The number of hydrogen-bond donors (Lipinski definition) is 1. The second-order valence-corrected chi connectivity index (χ2v) is 8.75. The zero-order valence-corrected chi connectivity index (χ0v) is 17.7. The van der Waals surface area contributed by atoms with Gasteiger partial charge in [-0.1, -0.05) is 19.3 Å². The molecule has 1 atom stereocenters. The average Bonchev–Trinajstić information content (AvgIpc) is 2.78. The van der Waals surface area contributed by atoms with Crippen LogP contribution in [0.3, 0.4) is 0 Å². The van der Waals surface area contributed by atoms with Crippen LogP contribution in [0.1, 0.15) is 74.9 Å². The molecular weight excluding hydrogens is 366 g/mol. The van der Waals surface area contributed by atoms with Gasteiger partial charge in [0.15, 0.2) is 0 Å². The molecule has 0 aromatic carbocycles. The van der Waals surface area contributed by atoms with Crippen molar-refractivity contribution in [2.75, 3.05) is 32.0 Å². The topological polar surface area (TPSA) is 78.4 Å². The van der Waals surface area contributed by atoms with Gasteiger partial charge in [-0.25, -0.2) is 9.97 Å². The van der Waals surface area contributed by atoms with Gasteiger partial charge >= 0.3 is 0 Å². The van der Waals surface area contributed by atoms with Crippen LogP contribution in [0.5, 0.6) is 0 Å². The van der Waals surface area contributed by atoms with Crippen molar-refractivity contribution in [2.24, 2.45) is 5.92 Å². The smallest absolute Gasteiger partial charge is 0.225 e. The van der Waals surface area contributed by atoms with Crippen molar-refractivity contribution < 1.29 is 9.59 Å². The minimum absolute atomic E-state index is 0.123. The molecule has 1 N–H and O–H groups in total. The Hall–Kier alpha value is -2.18. The number of carbonyl (C=O) groups excluding carboxylic acids is 2. The Labute approximate surface area is 173 Å². The van der Waals surface area contributed by atoms with Crippen molar-refractivity contribution in [3.63, 3.8) is 0 Å². The third-order valence-corrected chi connectivity index (χ3v) is 6.81. The Morgan fingerprint density at radius 2 is 1.79 bits per heavy atom. The Kier molecular flexibility index (Phi) is 6.01. The van der Waals surface area contributed by atoms with E-state index >= 15 is 0 Å². The van der Waals surface area contributed by atoms with Crippen molar-refractivity contribution in [1.29, 1.82) is 0 Å². The molecule has 3 heterocycles. The predicted molar refractivity (Wildman–Crippen MR) is 112 cm³/mol.